The summed E-state index contributed by atoms with van der Waals surface area (Å²) < 4.78 is 37.7. The highest BCUT2D eigenvalue weighted by atomic mass is 32.1. The molecule has 0 spiro atoms. The minimum Gasteiger partial charge on any atom is -0.298 e. The molecule has 2 N–H and O–H groups in total. The molecule has 0 aliphatic rings. The average Bonchev–Trinajstić information content (AvgIpc) is 2.75. The summed E-state index contributed by atoms with van der Waals surface area (Å²) in [5, 5.41) is 0. The molecule has 2 aromatic rings. The Labute approximate surface area is 123 Å². The number of anilines is 1. The minimum absolute atomic E-state index is 0.170. The number of hydrazine groups is 1. The number of carbonyl (C=O) groups excluding carboxylic acids is 1. The molecule has 2 rings (SSSR count). The highest BCUT2D eigenvalue weighted by Crippen LogP contribution is 2.30. The standard InChI is InChI=1S/C14H13F3N2OS/c1-8-6-12(21-9(8)2)13(20)19-18-11-5-3-4-10(7-11)14(15,16)17/h3-7,18H,1-2H3,(H,19,20). The maximum Gasteiger partial charge on any atom is 0.416 e. The molecule has 112 valence electrons. The lowest BCUT2D eigenvalue weighted by Crippen LogP contribution is -2.28. The van der Waals surface area contributed by atoms with E-state index in [4.69, 9.17) is 0 Å². The largest absolute Gasteiger partial charge is 0.416 e. The fraction of sp³-hybridized carbons (Fsp3) is 0.214. The van der Waals surface area contributed by atoms with Crippen LogP contribution >= 0.6 is 11.3 Å². The lowest BCUT2D eigenvalue weighted by atomic mass is 10.2. The van der Waals surface area contributed by atoms with Gasteiger partial charge in [-0.1, -0.05) is 6.07 Å². The Morgan fingerprint density at radius 1 is 1.19 bits per heavy atom. The molecule has 7 heteroatoms. The summed E-state index contributed by atoms with van der Waals surface area (Å²) in [4.78, 5) is 13.4. The van der Waals surface area contributed by atoms with E-state index < -0.39 is 11.7 Å². The summed E-state index contributed by atoms with van der Waals surface area (Å²) in [7, 11) is 0. The first kappa shape index (κ1) is 15.4. The number of alkyl halides is 3. The van der Waals surface area contributed by atoms with Crippen molar-refractivity contribution in [2.24, 2.45) is 0 Å². The van der Waals surface area contributed by atoms with Crippen molar-refractivity contribution in [3.63, 3.8) is 0 Å². The first-order chi connectivity index (χ1) is 9.77. The van der Waals surface area contributed by atoms with E-state index in [1.807, 2.05) is 13.8 Å². The molecule has 0 saturated heterocycles. The number of thiophene rings is 1. The third-order valence-electron chi connectivity index (χ3n) is 2.90. The number of amides is 1. The van der Waals surface area contributed by atoms with Crippen LogP contribution in [0.15, 0.2) is 30.3 Å². The van der Waals surface area contributed by atoms with Gasteiger partial charge in [0.05, 0.1) is 16.1 Å². The Morgan fingerprint density at radius 3 is 2.48 bits per heavy atom. The van der Waals surface area contributed by atoms with E-state index in [2.05, 4.69) is 10.9 Å². The van der Waals surface area contributed by atoms with Gasteiger partial charge in [-0.2, -0.15) is 13.2 Å². The summed E-state index contributed by atoms with van der Waals surface area (Å²) in [6.45, 7) is 3.79. The van der Waals surface area contributed by atoms with E-state index in [-0.39, 0.29) is 11.6 Å². The molecule has 0 atom stereocenters. The van der Waals surface area contributed by atoms with Crippen LogP contribution in [0, 0.1) is 13.8 Å². The van der Waals surface area contributed by atoms with Gasteiger partial charge >= 0.3 is 6.18 Å². The molecule has 0 bridgehead atoms. The first-order valence-corrected chi connectivity index (χ1v) is 6.89. The van der Waals surface area contributed by atoms with E-state index in [1.54, 1.807) is 6.07 Å². The molecule has 1 aromatic heterocycles. The molecular weight excluding hydrogens is 301 g/mol. The van der Waals surface area contributed by atoms with E-state index in [0.29, 0.717) is 4.88 Å². The number of rotatable bonds is 3. The Balaban J connectivity index is 2.04. The molecule has 0 fully saturated rings. The normalized spacial score (nSPS) is 11.3. The zero-order valence-electron chi connectivity index (χ0n) is 11.3. The maximum absolute atomic E-state index is 12.6. The average molecular weight is 314 g/mol. The van der Waals surface area contributed by atoms with Crippen molar-refractivity contribution in [2.75, 3.05) is 5.43 Å². The highest BCUT2D eigenvalue weighted by Gasteiger charge is 2.30. The predicted molar refractivity (Wildman–Crippen MR) is 76.3 cm³/mol. The third-order valence-corrected chi connectivity index (χ3v) is 4.05. The van der Waals surface area contributed by atoms with Crippen molar-refractivity contribution in [1.29, 1.82) is 0 Å². The van der Waals surface area contributed by atoms with Crippen LogP contribution in [-0.2, 0) is 6.18 Å². The van der Waals surface area contributed by atoms with Gasteiger partial charge in [-0.25, -0.2) is 0 Å². The number of halogens is 3. The van der Waals surface area contributed by atoms with Crippen molar-refractivity contribution in [3.05, 3.63) is 51.2 Å². The van der Waals surface area contributed by atoms with E-state index >= 15 is 0 Å². The SMILES string of the molecule is Cc1cc(C(=O)NNc2cccc(C(F)(F)F)c2)sc1C. The van der Waals surface area contributed by atoms with Crippen molar-refractivity contribution in [2.45, 2.75) is 20.0 Å². The van der Waals surface area contributed by atoms with Gasteiger partial charge in [-0.3, -0.25) is 15.6 Å². The molecule has 1 aromatic carbocycles. The molecule has 0 radical (unpaired) electrons. The van der Waals surface area contributed by atoms with Gasteiger partial charge in [0.1, 0.15) is 0 Å². The topological polar surface area (TPSA) is 41.1 Å². The van der Waals surface area contributed by atoms with Crippen LogP contribution in [0.3, 0.4) is 0 Å². The molecule has 0 saturated carbocycles. The lowest BCUT2D eigenvalue weighted by molar-refractivity contribution is -0.137. The molecular formula is C14H13F3N2OS. The number of carbonyl (C=O) groups is 1. The number of benzene rings is 1. The summed E-state index contributed by atoms with van der Waals surface area (Å²) in [5.74, 6) is -0.381. The van der Waals surface area contributed by atoms with E-state index in [0.717, 1.165) is 22.6 Å². The van der Waals surface area contributed by atoms with Gasteiger partial charge in [0.2, 0.25) is 0 Å². The molecule has 0 aliphatic heterocycles. The second-order valence-corrected chi connectivity index (χ2v) is 5.76. The maximum atomic E-state index is 12.6. The van der Waals surface area contributed by atoms with Crippen LogP contribution < -0.4 is 10.9 Å². The first-order valence-electron chi connectivity index (χ1n) is 6.08. The fourth-order valence-electron chi connectivity index (χ4n) is 1.65. The third kappa shape index (κ3) is 3.75. The molecule has 1 amide bonds. The van der Waals surface area contributed by atoms with Gasteiger partial charge in [0, 0.05) is 4.88 Å². The smallest absolute Gasteiger partial charge is 0.298 e. The lowest BCUT2D eigenvalue weighted by Gasteiger charge is -2.11. The molecule has 21 heavy (non-hydrogen) atoms. The van der Waals surface area contributed by atoms with Crippen molar-refractivity contribution in [3.8, 4) is 0 Å². The van der Waals surface area contributed by atoms with Gasteiger partial charge in [0.15, 0.2) is 0 Å². The van der Waals surface area contributed by atoms with Crippen LogP contribution in [0.1, 0.15) is 25.7 Å². The number of hydrogen-bond donors (Lipinski definition) is 2. The van der Waals surface area contributed by atoms with Gasteiger partial charge in [0.25, 0.3) is 5.91 Å². The van der Waals surface area contributed by atoms with E-state index in [9.17, 15) is 18.0 Å². The highest BCUT2D eigenvalue weighted by molar-refractivity contribution is 7.14. The van der Waals surface area contributed by atoms with Crippen molar-refractivity contribution < 1.29 is 18.0 Å². The van der Waals surface area contributed by atoms with Crippen LogP contribution in [0.25, 0.3) is 0 Å². The van der Waals surface area contributed by atoms with Crippen LogP contribution in [0.5, 0.6) is 0 Å². The molecule has 3 nitrogen and oxygen atoms in total. The number of nitrogens with one attached hydrogen (secondary N) is 2. The van der Waals surface area contributed by atoms with Gasteiger partial charge in [-0.05, 0) is 43.7 Å². The minimum atomic E-state index is -4.41. The monoisotopic (exact) mass is 314 g/mol. The second-order valence-electron chi connectivity index (χ2n) is 4.51. The molecule has 0 aliphatic carbocycles. The predicted octanol–water partition coefficient (Wildman–Crippen LogP) is 4.14. The van der Waals surface area contributed by atoms with E-state index in [1.165, 1.54) is 23.5 Å². The van der Waals surface area contributed by atoms with Crippen molar-refractivity contribution >= 4 is 22.9 Å². The Hall–Kier alpha value is -2.02. The summed E-state index contributed by atoms with van der Waals surface area (Å²) in [6, 6.07) is 6.37. The zero-order valence-corrected chi connectivity index (χ0v) is 12.2. The number of hydrogen-bond acceptors (Lipinski definition) is 3. The second kappa shape index (κ2) is 5.77. The van der Waals surface area contributed by atoms with Crippen LogP contribution in [0.4, 0.5) is 18.9 Å². The number of aryl methyl sites for hydroxylation is 2. The van der Waals surface area contributed by atoms with Gasteiger partial charge < -0.3 is 0 Å². The Morgan fingerprint density at radius 2 is 1.90 bits per heavy atom. The van der Waals surface area contributed by atoms with Crippen LogP contribution in [-0.4, -0.2) is 5.91 Å². The van der Waals surface area contributed by atoms with Gasteiger partial charge in [-0.15, -0.1) is 11.3 Å². The Bertz CT molecular complexity index is 645. The summed E-state index contributed by atoms with van der Waals surface area (Å²) in [6.07, 6.45) is -4.41. The fourth-order valence-corrected chi connectivity index (χ4v) is 2.58. The van der Waals surface area contributed by atoms with Crippen molar-refractivity contribution in [1.82, 2.24) is 5.43 Å². The molecule has 0 unspecified atom stereocenters. The summed E-state index contributed by atoms with van der Waals surface area (Å²) in [5.41, 5.74) is 5.28. The zero-order chi connectivity index (χ0) is 15.6. The molecule has 1 heterocycles. The van der Waals surface area contributed by atoms with Crippen LogP contribution in [0.2, 0.25) is 0 Å². The summed E-state index contributed by atoms with van der Waals surface area (Å²) >= 11 is 1.33. The quantitative estimate of drug-likeness (QED) is 0.836. The Kier molecular flexibility index (Phi) is 4.22.